The summed E-state index contributed by atoms with van der Waals surface area (Å²) in [4.78, 5) is 13.6. The Morgan fingerprint density at radius 2 is 2.00 bits per heavy atom. The number of nitrogens with one attached hydrogen (secondary N) is 1. The van der Waals surface area contributed by atoms with Crippen molar-refractivity contribution in [2.45, 2.75) is 0 Å². The largest absolute Gasteiger partial charge is 0.497 e. The van der Waals surface area contributed by atoms with E-state index in [9.17, 15) is 4.79 Å². The first kappa shape index (κ1) is 11.0. The van der Waals surface area contributed by atoms with Gasteiger partial charge in [0.1, 0.15) is 5.75 Å². The third kappa shape index (κ3) is 2.02. The standard InChI is InChI=1S/C12H16N2O2/c1-14(12(15)9-7-13-8-9)10-3-5-11(16-2)6-4-10/h3-6,9,13H,7-8H2,1-2H3. The second-order valence-electron chi connectivity index (χ2n) is 3.95. The minimum atomic E-state index is 0.132. The van der Waals surface area contributed by atoms with E-state index in [1.807, 2.05) is 31.3 Å². The van der Waals surface area contributed by atoms with Crippen molar-refractivity contribution in [1.82, 2.24) is 5.32 Å². The molecule has 1 fully saturated rings. The normalized spacial score (nSPS) is 15.4. The average Bonchev–Trinajstić information content (AvgIpc) is 2.26. The number of amides is 1. The summed E-state index contributed by atoms with van der Waals surface area (Å²) in [6, 6.07) is 7.50. The van der Waals surface area contributed by atoms with Crippen LogP contribution in [-0.4, -0.2) is 33.2 Å². The highest BCUT2D eigenvalue weighted by Gasteiger charge is 2.27. The molecule has 1 heterocycles. The van der Waals surface area contributed by atoms with Gasteiger partial charge in [0.25, 0.3) is 0 Å². The Bertz CT molecular complexity index is 371. The van der Waals surface area contributed by atoms with Crippen LogP contribution in [0.2, 0.25) is 0 Å². The first-order valence-corrected chi connectivity index (χ1v) is 5.34. The molecule has 1 aliphatic heterocycles. The number of benzene rings is 1. The van der Waals surface area contributed by atoms with E-state index in [1.165, 1.54) is 0 Å². The molecule has 0 aliphatic carbocycles. The maximum atomic E-state index is 11.9. The van der Waals surface area contributed by atoms with Crippen molar-refractivity contribution < 1.29 is 9.53 Å². The van der Waals surface area contributed by atoms with Crippen LogP contribution in [0.3, 0.4) is 0 Å². The van der Waals surface area contributed by atoms with Crippen molar-refractivity contribution in [3.8, 4) is 5.75 Å². The van der Waals surface area contributed by atoms with Gasteiger partial charge >= 0.3 is 0 Å². The number of carbonyl (C=O) groups is 1. The minimum absolute atomic E-state index is 0.132. The fourth-order valence-corrected chi connectivity index (χ4v) is 1.67. The van der Waals surface area contributed by atoms with E-state index >= 15 is 0 Å². The molecule has 1 aromatic carbocycles. The SMILES string of the molecule is COc1ccc(N(C)C(=O)C2CNC2)cc1. The molecule has 4 heteroatoms. The van der Waals surface area contributed by atoms with Gasteiger partial charge in [-0.3, -0.25) is 4.79 Å². The highest BCUT2D eigenvalue weighted by molar-refractivity contribution is 5.95. The predicted molar refractivity (Wildman–Crippen MR) is 62.8 cm³/mol. The van der Waals surface area contributed by atoms with Crippen molar-refractivity contribution in [2.75, 3.05) is 32.1 Å². The van der Waals surface area contributed by atoms with Gasteiger partial charge < -0.3 is 15.0 Å². The summed E-state index contributed by atoms with van der Waals surface area (Å²) in [5.74, 6) is 1.10. The zero-order valence-electron chi connectivity index (χ0n) is 9.56. The Balaban J connectivity index is 2.07. The van der Waals surface area contributed by atoms with Gasteiger partial charge in [0, 0.05) is 25.8 Å². The summed E-state index contributed by atoms with van der Waals surface area (Å²) in [5, 5.41) is 3.10. The molecule has 1 amide bonds. The van der Waals surface area contributed by atoms with E-state index in [-0.39, 0.29) is 11.8 Å². The lowest BCUT2D eigenvalue weighted by Gasteiger charge is -2.30. The number of methoxy groups -OCH3 is 1. The molecule has 1 N–H and O–H groups in total. The lowest BCUT2D eigenvalue weighted by molar-refractivity contribution is -0.123. The molecule has 0 spiro atoms. The number of hydrogen-bond donors (Lipinski definition) is 1. The molecule has 0 unspecified atom stereocenters. The first-order valence-electron chi connectivity index (χ1n) is 5.34. The van der Waals surface area contributed by atoms with Gasteiger partial charge in [0.2, 0.25) is 5.91 Å². The van der Waals surface area contributed by atoms with E-state index in [0.717, 1.165) is 24.5 Å². The number of carbonyl (C=O) groups excluding carboxylic acids is 1. The zero-order valence-corrected chi connectivity index (χ0v) is 9.56. The van der Waals surface area contributed by atoms with Gasteiger partial charge in [-0.1, -0.05) is 0 Å². The third-order valence-electron chi connectivity index (χ3n) is 2.92. The van der Waals surface area contributed by atoms with Gasteiger partial charge in [-0.15, -0.1) is 0 Å². The van der Waals surface area contributed by atoms with Crippen LogP contribution in [0.25, 0.3) is 0 Å². The smallest absolute Gasteiger partial charge is 0.232 e. The first-order chi connectivity index (χ1) is 7.72. The van der Waals surface area contributed by atoms with Crippen molar-refractivity contribution >= 4 is 11.6 Å². The Morgan fingerprint density at radius 3 is 2.44 bits per heavy atom. The highest BCUT2D eigenvalue weighted by atomic mass is 16.5. The Kier molecular flexibility index (Phi) is 3.10. The van der Waals surface area contributed by atoms with Crippen LogP contribution in [0, 0.1) is 5.92 Å². The molecule has 86 valence electrons. The number of nitrogens with zero attached hydrogens (tertiary/aromatic N) is 1. The summed E-state index contributed by atoms with van der Waals surface area (Å²) in [6.07, 6.45) is 0. The van der Waals surface area contributed by atoms with Gasteiger partial charge in [0.05, 0.1) is 13.0 Å². The Labute approximate surface area is 95.2 Å². The fourth-order valence-electron chi connectivity index (χ4n) is 1.67. The van der Waals surface area contributed by atoms with Crippen LogP contribution < -0.4 is 15.0 Å². The maximum absolute atomic E-state index is 11.9. The highest BCUT2D eigenvalue weighted by Crippen LogP contribution is 2.20. The molecule has 1 saturated heterocycles. The molecule has 0 saturated carbocycles. The molecule has 16 heavy (non-hydrogen) atoms. The summed E-state index contributed by atoms with van der Waals surface area (Å²) in [6.45, 7) is 1.58. The number of rotatable bonds is 3. The molecule has 2 rings (SSSR count). The third-order valence-corrected chi connectivity index (χ3v) is 2.92. The number of anilines is 1. The molecule has 1 aliphatic rings. The number of hydrogen-bond acceptors (Lipinski definition) is 3. The van der Waals surface area contributed by atoms with Crippen molar-refractivity contribution in [3.63, 3.8) is 0 Å². The second-order valence-corrected chi connectivity index (χ2v) is 3.95. The van der Waals surface area contributed by atoms with Crippen molar-refractivity contribution in [1.29, 1.82) is 0 Å². The monoisotopic (exact) mass is 220 g/mol. The zero-order chi connectivity index (χ0) is 11.5. The molecular weight excluding hydrogens is 204 g/mol. The molecule has 0 atom stereocenters. The molecule has 0 radical (unpaired) electrons. The predicted octanol–water partition coefficient (Wildman–Crippen LogP) is 0.877. The maximum Gasteiger partial charge on any atom is 0.232 e. The lowest BCUT2D eigenvalue weighted by Crippen LogP contribution is -2.51. The Hall–Kier alpha value is -1.55. The summed E-state index contributed by atoms with van der Waals surface area (Å²) >= 11 is 0. The minimum Gasteiger partial charge on any atom is -0.497 e. The van der Waals surface area contributed by atoms with Crippen molar-refractivity contribution in [3.05, 3.63) is 24.3 Å². The molecule has 0 aromatic heterocycles. The van der Waals surface area contributed by atoms with Crippen molar-refractivity contribution in [2.24, 2.45) is 5.92 Å². The van der Waals surface area contributed by atoms with Gasteiger partial charge in [-0.05, 0) is 24.3 Å². The van der Waals surface area contributed by atoms with Crippen LogP contribution >= 0.6 is 0 Å². The fraction of sp³-hybridized carbons (Fsp3) is 0.417. The van der Waals surface area contributed by atoms with E-state index in [1.54, 1.807) is 12.0 Å². The summed E-state index contributed by atoms with van der Waals surface area (Å²) < 4.78 is 5.08. The van der Waals surface area contributed by atoms with E-state index in [4.69, 9.17) is 4.74 Å². The van der Waals surface area contributed by atoms with E-state index < -0.39 is 0 Å². The summed E-state index contributed by atoms with van der Waals surface area (Å²) in [7, 11) is 3.44. The van der Waals surface area contributed by atoms with Crippen LogP contribution in [0.5, 0.6) is 5.75 Å². The van der Waals surface area contributed by atoms with Gasteiger partial charge in [-0.2, -0.15) is 0 Å². The number of ether oxygens (including phenoxy) is 1. The lowest BCUT2D eigenvalue weighted by atomic mass is 10.0. The van der Waals surface area contributed by atoms with Crippen LogP contribution in [0.4, 0.5) is 5.69 Å². The molecule has 4 nitrogen and oxygen atoms in total. The Morgan fingerprint density at radius 1 is 1.38 bits per heavy atom. The second kappa shape index (κ2) is 4.53. The van der Waals surface area contributed by atoms with Crippen LogP contribution in [0.15, 0.2) is 24.3 Å². The van der Waals surface area contributed by atoms with E-state index in [2.05, 4.69) is 5.32 Å². The quantitative estimate of drug-likeness (QED) is 0.822. The molecular formula is C12H16N2O2. The molecule has 0 bridgehead atoms. The van der Waals surface area contributed by atoms with E-state index in [0.29, 0.717) is 0 Å². The molecule has 1 aromatic rings. The van der Waals surface area contributed by atoms with Crippen LogP contribution in [-0.2, 0) is 4.79 Å². The average molecular weight is 220 g/mol. The van der Waals surface area contributed by atoms with Gasteiger partial charge in [-0.25, -0.2) is 0 Å². The summed E-state index contributed by atoms with van der Waals surface area (Å²) in [5.41, 5.74) is 0.901. The van der Waals surface area contributed by atoms with Gasteiger partial charge in [0.15, 0.2) is 0 Å². The van der Waals surface area contributed by atoms with Crippen LogP contribution in [0.1, 0.15) is 0 Å². The topological polar surface area (TPSA) is 41.6 Å².